The number of benzene rings is 2. The molecule has 0 bridgehead atoms. The zero-order valence-corrected chi connectivity index (χ0v) is 16.4. The van der Waals surface area contributed by atoms with Gasteiger partial charge in [-0.15, -0.1) is 0 Å². The average molecular weight is 433 g/mol. The van der Waals surface area contributed by atoms with Crippen LogP contribution in [0.4, 0.5) is 10.1 Å². The first-order valence-electron chi connectivity index (χ1n) is 8.09. The maximum Gasteiger partial charge on any atom is 0.264 e. The fourth-order valence-corrected chi connectivity index (χ4v) is 3.95. The van der Waals surface area contributed by atoms with Gasteiger partial charge < -0.3 is 9.73 Å². The van der Waals surface area contributed by atoms with Crippen LogP contribution in [-0.4, -0.2) is 11.1 Å². The number of aliphatic imine (C=N–C) groups is 1. The second kappa shape index (κ2) is 7.83. The molecule has 4 rings (SSSR count). The Bertz CT molecular complexity index is 1100. The van der Waals surface area contributed by atoms with Crippen LogP contribution in [0.25, 0.3) is 17.4 Å². The molecule has 0 aliphatic carbocycles. The molecule has 1 fully saturated rings. The minimum atomic E-state index is -0.347. The van der Waals surface area contributed by atoms with Gasteiger partial charge in [-0.25, -0.2) is 9.38 Å². The highest BCUT2D eigenvalue weighted by Gasteiger charge is 2.24. The Morgan fingerprint density at radius 1 is 1.04 bits per heavy atom. The number of carbonyl (C=O) groups is 1. The summed E-state index contributed by atoms with van der Waals surface area (Å²) in [6, 6.07) is 14.3. The van der Waals surface area contributed by atoms with Crippen LogP contribution in [0.3, 0.4) is 0 Å². The van der Waals surface area contributed by atoms with Crippen molar-refractivity contribution in [2.45, 2.75) is 0 Å². The fourth-order valence-electron chi connectivity index (χ4n) is 2.54. The van der Waals surface area contributed by atoms with E-state index in [4.69, 9.17) is 27.6 Å². The van der Waals surface area contributed by atoms with Crippen LogP contribution in [-0.2, 0) is 4.79 Å². The van der Waals surface area contributed by atoms with Crippen molar-refractivity contribution in [2.75, 3.05) is 0 Å². The molecule has 1 amide bonds. The molecule has 1 saturated heterocycles. The molecule has 4 nitrogen and oxygen atoms in total. The lowest BCUT2D eigenvalue weighted by molar-refractivity contribution is -0.115. The van der Waals surface area contributed by atoms with Gasteiger partial charge in [0.25, 0.3) is 5.91 Å². The highest BCUT2D eigenvalue weighted by molar-refractivity contribution is 8.18. The Morgan fingerprint density at radius 3 is 2.46 bits per heavy atom. The van der Waals surface area contributed by atoms with Crippen molar-refractivity contribution in [3.05, 3.63) is 81.1 Å². The molecule has 140 valence electrons. The third-order valence-electron chi connectivity index (χ3n) is 3.82. The lowest BCUT2D eigenvalue weighted by atomic mass is 10.2. The molecule has 1 aliphatic heterocycles. The Morgan fingerprint density at radius 2 is 1.75 bits per heavy atom. The van der Waals surface area contributed by atoms with Crippen molar-refractivity contribution in [2.24, 2.45) is 4.99 Å². The maximum absolute atomic E-state index is 13.0. The number of furan rings is 1. The molecule has 0 unspecified atom stereocenters. The molecule has 1 aromatic heterocycles. The summed E-state index contributed by atoms with van der Waals surface area (Å²) < 4.78 is 18.8. The predicted molar refractivity (Wildman–Crippen MR) is 111 cm³/mol. The van der Waals surface area contributed by atoms with E-state index in [1.807, 2.05) is 0 Å². The number of carbonyl (C=O) groups excluding carboxylic acids is 1. The van der Waals surface area contributed by atoms with Gasteiger partial charge in [0.1, 0.15) is 17.3 Å². The molecular formula is C20H11Cl2FN2O2S. The van der Waals surface area contributed by atoms with Crippen molar-refractivity contribution in [3.8, 4) is 11.3 Å². The third-order valence-corrected chi connectivity index (χ3v) is 5.36. The zero-order valence-electron chi connectivity index (χ0n) is 14.1. The first kappa shape index (κ1) is 18.8. The SMILES string of the molecule is O=C1NC(=Nc2ccc(F)cc2)SC1=Cc1ccc(-c2c(Cl)cccc2Cl)o1. The quantitative estimate of drug-likeness (QED) is 0.495. The number of nitrogens with one attached hydrogen (secondary N) is 1. The average Bonchev–Trinajstić information content (AvgIpc) is 3.24. The molecule has 2 aromatic carbocycles. The van der Waals surface area contributed by atoms with Crippen molar-refractivity contribution in [1.82, 2.24) is 5.32 Å². The van der Waals surface area contributed by atoms with E-state index in [0.717, 1.165) is 0 Å². The van der Waals surface area contributed by atoms with Crippen molar-refractivity contribution < 1.29 is 13.6 Å². The van der Waals surface area contributed by atoms with Crippen LogP contribution in [0.5, 0.6) is 0 Å². The molecule has 2 heterocycles. The van der Waals surface area contributed by atoms with E-state index in [0.29, 0.717) is 42.9 Å². The zero-order chi connectivity index (χ0) is 19.7. The Hall–Kier alpha value is -2.54. The molecule has 1 N–H and O–H groups in total. The van der Waals surface area contributed by atoms with E-state index in [9.17, 15) is 9.18 Å². The van der Waals surface area contributed by atoms with Crippen LogP contribution < -0.4 is 5.32 Å². The van der Waals surface area contributed by atoms with E-state index >= 15 is 0 Å². The number of nitrogens with zero attached hydrogens (tertiary/aromatic N) is 1. The Balaban J connectivity index is 1.57. The highest BCUT2D eigenvalue weighted by Crippen LogP contribution is 2.36. The van der Waals surface area contributed by atoms with Crippen LogP contribution in [0, 0.1) is 5.82 Å². The number of amides is 1. The second-order valence-corrected chi connectivity index (χ2v) is 7.60. The van der Waals surface area contributed by atoms with Crippen LogP contribution in [0.2, 0.25) is 10.0 Å². The van der Waals surface area contributed by atoms with E-state index in [2.05, 4.69) is 10.3 Å². The lowest BCUT2D eigenvalue weighted by Gasteiger charge is -2.02. The van der Waals surface area contributed by atoms with E-state index in [1.54, 1.807) is 36.4 Å². The van der Waals surface area contributed by atoms with Gasteiger partial charge in [0, 0.05) is 6.08 Å². The summed E-state index contributed by atoms with van der Waals surface area (Å²) in [4.78, 5) is 16.9. The Labute approximate surface area is 174 Å². The van der Waals surface area contributed by atoms with Crippen LogP contribution >= 0.6 is 35.0 Å². The summed E-state index contributed by atoms with van der Waals surface area (Å²) in [6.45, 7) is 0. The number of amidine groups is 1. The first-order chi connectivity index (χ1) is 13.5. The summed E-state index contributed by atoms with van der Waals surface area (Å²) in [5.74, 6) is 0.345. The molecule has 28 heavy (non-hydrogen) atoms. The summed E-state index contributed by atoms with van der Waals surface area (Å²) in [5.41, 5.74) is 1.14. The van der Waals surface area contributed by atoms with Gasteiger partial charge in [0.2, 0.25) is 0 Å². The van der Waals surface area contributed by atoms with Crippen LogP contribution in [0.1, 0.15) is 5.76 Å². The number of hydrogen-bond acceptors (Lipinski definition) is 4. The van der Waals surface area contributed by atoms with Gasteiger partial charge in [-0.05, 0) is 60.3 Å². The van der Waals surface area contributed by atoms with Gasteiger partial charge in [-0.2, -0.15) is 0 Å². The van der Waals surface area contributed by atoms with Gasteiger partial charge in [-0.1, -0.05) is 29.3 Å². The normalized spacial score (nSPS) is 16.8. The monoisotopic (exact) mass is 432 g/mol. The summed E-state index contributed by atoms with van der Waals surface area (Å²) in [7, 11) is 0. The number of halogens is 3. The van der Waals surface area contributed by atoms with Crippen molar-refractivity contribution in [3.63, 3.8) is 0 Å². The highest BCUT2D eigenvalue weighted by atomic mass is 35.5. The van der Waals surface area contributed by atoms with Gasteiger partial charge in [0.05, 0.1) is 26.2 Å². The maximum atomic E-state index is 13.0. The van der Waals surface area contributed by atoms with Gasteiger partial charge in [0.15, 0.2) is 5.17 Å². The molecule has 3 aromatic rings. The van der Waals surface area contributed by atoms with E-state index in [-0.39, 0.29) is 11.7 Å². The standard InChI is InChI=1S/C20H11Cl2FN2O2S/c21-14-2-1-3-15(22)18(14)16-9-8-13(27-16)10-17-19(26)25-20(28-17)24-12-6-4-11(23)5-7-12/h1-10H,(H,24,25,26). The fraction of sp³-hybridized carbons (Fsp3) is 0. The molecule has 1 aliphatic rings. The second-order valence-electron chi connectivity index (χ2n) is 5.76. The molecule has 8 heteroatoms. The minimum absolute atomic E-state index is 0.292. The first-order valence-corrected chi connectivity index (χ1v) is 9.66. The topological polar surface area (TPSA) is 54.6 Å². The summed E-state index contributed by atoms with van der Waals surface area (Å²) in [5, 5.41) is 4.03. The predicted octanol–water partition coefficient (Wildman–Crippen LogP) is 6.28. The largest absolute Gasteiger partial charge is 0.457 e. The van der Waals surface area contributed by atoms with Crippen LogP contribution in [0.15, 0.2) is 68.9 Å². The lowest BCUT2D eigenvalue weighted by Crippen LogP contribution is -2.19. The van der Waals surface area contributed by atoms with Crippen molar-refractivity contribution >= 4 is 57.8 Å². The number of thioether (sulfide) groups is 1. The summed E-state index contributed by atoms with van der Waals surface area (Å²) >= 11 is 13.6. The molecule has 0 radical (unpaired) electrons. The van der Waals surface area contributed by atoms with E-state index in [1.165, 1.54) is 36.0 Å². The number of rotatable bonds is 3. The Kier molecular flexibility index (Phi) is 5.26. The van der Waals surface area contributed by atoms with Gasteiger partial charge >= 0.3 is 0 Å². The smallest absolute Gasteiger partial charge is 0.264 e. The van der Waals surface area contributed by atoms with Crippen molar-refractivity contribution in [1.29, 1.82) is 0 Å². The van der Waals surface area contributed by atoms with Gasteiger partial charge in [-0.3, -0.25) is 4.79 Å². The molecular weight excluding hydrogens is 422 g/mol. The molecule has 0 spiro atoms. The summed E-state index contributed by atoms with van der Waals surface area (Å²) in [6.07, 6.45) is 1.61. The molecule has 0 saturated carbocycles. The number of hydrogen-bond donors (Lipinski definition) is 1. The van der Waals surface area contributed by atoms with E-state index < -0.39 is 0 Å². The third kappa shape index (κ3) is 3.99. The minimum Gasteiger partial charge on any atom is -0.457 e. The molecule has 0 atom stereocenters.